The average Bonchev–Trinajstić information content (AvgIpc) is 3.36. The van der Waals surface area contributed by atoms with Crippen LogP contribution in [0.3, 0.4) is 0 Å². The maximum atomic E-state index is 12.7. The lowest BCUT2D eigenvalue weighted by molar-refractivity contribution is -0.115. The Kier molecular flexibility index (Phi) is 5.87. The predicted molar refractivity (Wildman–Crippen MR) is 118 cm³/mol. The van der Waals surface area contributed by atoms with Crippen LogP contribution in [-0.2, 0) is 11.2 Å². The number of halogens is 1. The van der Waals surface area contributed by atoms with Crippen LogP contribution in [0.5, 0.6) is 0 Å². The van der Waals surface area contributed by atoms with E-state index < -0.39 is 0 Å². The summed E-state index contributed by atoms with van der Waals surface area (Å²) in [6, 6.07) is 9.24. The monoisotopic (exact) mass is 438 g/mol. The lowest BCUT2D eigenvalue weighted by Gasteiger charge is -2.14. The minimum Gasteiger partial charge on any atom is -0.323 e. The number of aromatic nitrogens is 5. The van der Waals surface area contributed by atoms with Gasteiger partial charge in [0.05, 0.1) is 40.4 Å². The molecule has 0 saturated heterocycles. The van der Waals surface area contributed by atoms with Crippen LogP contribution < -0.4 is 5.32 Å². The zero-order valence-electron chi connectivity index (χ0n) is 16.4. The van der Waals surface area contributed by atoms with Gasteiger partial charge in [-0.05, 0) is 24.1 Å². The fourth-order valence-corrected chi connectivity index (χ4v) is 4.06. The highest BCUT2D eigenvalue weighted by atomic mass is 35.5. The molecule has 0 saturated carbocycles. The first-order valence-corrected chi connectivity index (χ1v) is 10.6. The molecule has 0 unspecified atom stereocenters. The van der Waals surface area contributed by atoms with Crippen LogP contribution in [-0.4, -0.2) is 30.6 Å². The van der Waals surface area contributed by atoms with Crippen LogP contribution in [0.25, 0.3) is 16.5 Å². The van der Waals surface area contributed by atoms with Crippen molar-refractivity contribution in [1.29, 1.82) is 0 Å². The van der Waals surface area contributed by atoms with Gasteiger partial charge in [0.25, 0.3) is 0 Å². The van der Waals surface area contributed by atoms with Crippen LogP contribution in [0.15, 0.2) is 54.3 Å². The molecule has 1 N–H and O–H groups in total. The number of carbonyl (C=O) groups excluding carboxylic acids is 1. The summed E-state index contributed by atoms with van der Waals surface area (Å²) in [7, 11) is 0. The predicted octanol–water partition coefficient (Wildman–Crippen LogP) is 4.74. The molecule has 0 aliphatic carbocycles. The number of para-hydroxylation sites is 1. The maximum absolute atomic E-state index is 12.7. The Morgan fingerprint density at radius 3 is 2.70 bits per heavy atom. The minimum atomic E-state index is -0.165. The molecule has 3 heterocycles. The normalized spacial score (nSPS) is 11.1. The third-order valence-electron chi connectivity index (χ3n) is 4.36. The van der Waals surface area contributed by atoms with Gasteiger partial charge in [-0.2, -0.15) is 5.10 Å². The van der Waals surface area contributed by atoms with Crippen molar-refractivity contribution >= 4 is 34.5 Å². The van der Waals surface area contributed by atoms with E-state index in [1.54, 1.807) is 29.3 Å². The number of rotatable bonds is 6. The van der Waals surface area contributed by atoms with E-state index >= 15 is 0 Å². The third-order valence-corrected chi connectivity index (χ3v) is 5.57. The van der Waals surface area contributed by atoms with Crippen LogP contribution in [0.1, 0.15) is 31.2 Å². The van der Waals surface area contributed by atoms with E-state index in [1.807, 2.05) is 43.5 Å². The van der Waals surface area contributed by atoms with E-state index in [1.165, 1.54) is 11.3 Å². The largest absolute Gasteiger partial charge is 0.323 e. The van der Waals surface area contributed by atoms with Crippen molar-refractivity contribution in [3.05, 3.63) is 70.7 Å². The van der Waals surface area contributed by atoms with Crippen molar-refractivity contribution in [2.45, 2.75) is 26.2 Å². The van der Waals surface area contributed by atoms with Gasteiger partial charge in [-0.15, -0.1) is 11.3 Å². The Bertz CT molecular complexity index is 1170. The summed E-state index contributed by atoms with van der Waals surface area (Å²) in [5.41, 5.74) is 2.99. The molecule has 4 rings (SSSR count). The van der Waals surface area contributed by atoms with Crippen LogP contribution in [0.2, 0.25) is 5.02 Å². The fraction of sp³-hybridized carbons (Fsp3) is 0.190. The summed E-state index contributed by atoms with van der Waals surface area (Å²) in [5, 5.41) is 10.6. The lowest BCUT2D eigenvalue weighted by Crippen LogP contribution is -2.16. The molecule has 1 amide bonds. The maximum Gasteiger partial charge on any atom is 0.230 e. The Labute approximate surface area is 182 Å². The molecule has 4 aromatic rings. The smallest absolute Gasteiger partial charge is 0.230 e. The Balaban J connectivity index is 1.53. The molecule has 0 aliphatic rings. The van der Waals surface area contributed by atoms with Gasteiger partial charge in [0.15, 0.2) is 10.8 Å². The van der Waals surface area contributed by atoms with Crippen molar-refractivity contribution < 1.29 is 4.79 Å². The van der Waals surface area contributed by atoms with E-state index in [0.29, 0.717) is 27.2 Å². The Morgan fingerprint density at radius 1 is 1.20 bits per heavy atom. The molecule has 0 spiro atoms. The highest BCUT2D eigenvalue weighted by Gasteiger charge is 2.19. The average molecular weight is 439 g/mol. The highest BCUT2D eigenvalue weighted by molar-refractivity contribution is 7.13. The number of hydrogen-bond donors (Lipinski definition) is 1. The van der Waals surface area contributed by atoms with Crippen LogP contribution in [0, 0.1) is 0 Å². The van der Waals surface area contributed by atoms with Gasteiger partial charge in [0.2, 0.25) is 5.91 Å². The second-order valence-corrected chi connectivity index (χ2v) is 8.17. The molecular formula is C21H19ClN6OS. The number of nitrogens with zero attached hydrogens (tertiary/aromatic N) is 5. The number of nitrogens with one attached hydrogen (secondary N) is 1. The van der Waals surface area contributed by atoms with Crippen molar-refractivity contribution in [2.24, 2.45) is 0 Å². The molecule has 152 valence electrons. The van der Waals surface area contributed by atoms with Crippen LogP contribution >= 0.6 is 22.9 Å². The molecule has 0 fully saturated rings. The summed E-state index contributed by atoms with van der Waals surface area (Å²) in [4.78, 5) is 25.5. The number of amides is 1. The van der Waals surface area contributed by atoms with Crippen molar-refractivity contribution in [1.82, 2.24) is 24.7 Å². The van der Waals surface area contributed by atoms with Crippen molar-refractivity contribution in [3.8, 4) is 16.5 Å². The lowest BCUT2D eigenvalue weighted by atomic mass is 10.1. The standard InChI is InChI=1S/C21H19ClN6OS/c1-13(2)19-16(11-25-28(19)17-7-4-3-6-15(17)22)27-18(29)10-14-12-30-21(26-14)20-23-8-5-9-24-20/h3-9,11-13H,10H2,1-2H3,(H,27,29). The van der Waals surface area contributed by atoms with Gasteiger partial charge >= 0.3 is 0 Å². The number of hydrogen-bond acceptors (Lipinski definition) is 6. The van der Waals surface area contributed by atoms with Gasteiger partial charge in [-0.3, -0.25) is 4.79 Å². The molecule has 7 nitrogen and oxygen atoms in total. The number of carbonyl (C=O) groups is 1. The molecule has 0 bridgehead atoms. The van der Waals surface area contributed by atoms with Crippen LogP contribution in [0.4, 0.5) is 5.69 Å². The molecular weight excluding hydrogens is 420 g/mol. The molecule has 0 atom stereocenters. The Morgan fingerprint density at radius 2 is 1.97 bits per heavy atom. The first kappa shape index (κ1) is 20.2. The summed E-state index contributed by atoms with van der Waals surface area (Å²) >= 11 is 7.76. The van der Waals surface area contributed by atoms with Gasteiger partial charge in [-0.25, -0.2) is 19.6 Å². The molecule has 1 aromatic carbocycles. The SMILES string of the molecule is CC(C)c1c(NC(=O)Cc2csc(-c3ncccn3)n2)cnn1-c1ccccc1Cl. The summed E-state index contributed by atoms with van der Waals surface area (Å²) < 4.78 is 1.77. The highest BCUT2D eigenvalue weighted by Crippen LogP contribution is 2.30. The third kappa shape index (κ3) is 4.24. The zero-order valence-corrected chi connectivity index (χ0v) is 18.0. The number of anilines is 1. The first-order chi connectivity index (χ1) is 14.5. The molecule has 30 heavy (non-hydrogen) atoms. The van der Waals surface area contributed by atoms with E-state index in [-0.39, 0.29) is 18.2 Å². The zero-order chi connectivity index (χ0) is 21.1. The molecule has 0 aliphatic heterocycles. The number of benzene rings is 1. The van der Waals surface area contributed by atoms with Gasteiger partial charge in [0.1, 0.15) is 0 Å². The van der Waals surface area contributed by atoms with Crippen molar-refractivity contribution in [2.75, 3.05) is 5.32 Å². The fourth-order valence-electron chi connectivity index (χ4n) is 3.08. The van der Waals surface area contributed by atoms with Gasteiger partial charge in [-0.1, -0.05) is 37.6 Å². The topological polar surface area (TPSA) is 85.6 Å². The van der Waals surface area contributed by atoms with E-state index in [4.69, 9.17) is 11.6 Å². The van der Waals surface area contributed by atoms with Crippen molar-refractivity contribution in [3.63, 3.8) is 0 Å². The first-order valence-electron chi connectivity index (χ1n) is 9.37. The quantitative estimate of drug-likeness (QED) is 0.469. The van der Waals surface area contributed by atoms with Gasteiger partial charge < -0.3 is 5.32 Å². The minimum absolute atomic E-state index is 0.125. The molecule has 9 heteroatoms. The van der Waals surface area contributed by atoms with E-state index in [2.05, 4.69) is 25.4 Å². The summed E-state index contributed by atoms with van der Waals surface area (Å²) in [6.07, 6.45) is 5.14. The second-order valence-electron chi connectivity index (χ2n) is 6.90. The summed E-state index contributed by atoms with van der Waals surface area (Å²) in [6.45, 7) is 4.10. The Hall–Kier alpha value is -3.10. The molecule has 3 aromatic heterocycles. The van der Waals surface area contributed by atoms with E-state index in [0.717, 1.165) is 11.4 Å². The second kappa shape index (κ2) is 8.73. The number of thiazole rings is 1. The summed E-state index contributed by atoms with van der Waals surface area (Å²) in [5.74, 6) is 0.513. The molecule has 0 radical (unpaired) electrons. The van der Waals surface area contributed by atoms with E-state index in [9.17, 15) is 4.79 Å². The van der Waals surface area contributed by atoms with Gasteiger partial charge in [0, 0.05) is 17.8 Å².